The molecule has 0 aliphatic carbocycles. The van der Waals surface area contributed by atoms with Crippen LogP contribution >= 0.6 is 23.4 Å². The van der Waals surface area contributed by atoms with Gasteiger partial charge in [0.15, 0.2) is 0 Å². The molecule has 0 radical (unpaired) electrons. The van der Waals surface area contributed by atoms with Crippen LogP contribution in [0.1, 0.15) is 50.2 Å². The third-order valence-electron chi connectivity index (χ3n) is 5.69. The summed E-state index contributed by atoms with van der Waals surface area (Å²) < 4.78 is 5.94. The summed E-state index contributed by atoms with van der Waals surface area (Å²) in [6.45, 7) is 2.56. The van der Waals surface area contributed by atoms with Gasteiger partial charge in [0.05, 0.1) is 6.42 Å². The van der Waals surface area contributed by atoms with E-state index in [2.05, 4.69) is 18.2 Å². The molecule has 1 unspecified atom stereocenters. The second-order valence-electron chi connectivity index (χ2n) is 8.64. The van der Waals surface area contributed by atoms with Gasteiger partial charge in [-0.05, 0) is 67.1 Å². The van der Waals surface area contributed by atoms with E-state index >= 15 is 0 Å². The van der Waals surface area contributed by atoms with Gasteiger partial charge in [0.25, 0.3) is 0 Å². The number of benzene rings is 3. The molecule has 0 spiro atoms. The number of aryl methyl sites for hydroxylation is 1. The van der Waals surface area contributed by atoms with Crippen molar-refractivity contribution >= 4 is 29.3 Å². The normalized spacial score (nSPS) is 12.8. The molecule has 3 aromatic rings. The number of hydrogen-bond donors (Lipinski definition) is 2. The SMILES string of the molecule is CCCC(N)(CCCc1ccc(Sc2cccc(OCc3ccccc3)c2)cc1Cl)CC(=O)O. The molecule has 0 heterocycles. The fourth-order valence-corrected chi connectivity index (χ4v) is 5.28. The highest BCUT2D eigenvalue weighted by molar-refractivity contribution is 7.99. The van der Waals surface area contributed by atoms with E-state index in [9.17, 15) is 9.90 Å². The second kappa shape index (κ2) is 12.8. The second-order valence-corrected chi connectivity index (χ2v) is 10.2. The Kier molecular flexibility index (Phi) is 9.87. The molecule has 4 nitrogen and oxygen atoms in total. The highest BCUT2D eigenvalue weighted by atomic mass is 35.5. The minimum Gasteiger partial charge on any atom is -0.489 e. The van der Waals surface area contributed by atoms with E-state index in [1.807, 2.05) is 61.5 Å². The number of carboxylic acid groups (broad SMARTS) is 1. The third kappa shape index (κ3) is 8.39. The van der Waals surface area contributed by atoms with E-state index in [0.717, 1.165) is 51.0 Å². The van der Waals surface area contributed by atoms with Gasteiger partial charge in [0, 0.05) is 20.4 Å². The zero-order valence-corrected chi connectivity index (χ0v) is 21.1. The fourth-order valence-electron chi connectivity index (χ4n) is 4.03. The van der Waals surface area contributed by atoms with E-state index in [1.165, 1.54) is 0 Å². The first-order chi connectivity index (χ1) is 16.4. The molecule has 34 heavy (non-hydrogen) atoms. The first kappa shape index (κ1) is 26.1. The molecule has 0 saturated heterocycles. The fraction of sp³-hybridized carbons (Fsp3) is 0.321. The van der Waals surface area contributed by atoms with E-state index in [-0.39, 0.29) is 6.42 Å². The Morgan fingerprint density at radius 1 is 1.03 bits per heavy atom. The summed E-state index contributed by atoms with van der Waals surface area (Å²) in [6, 6.07) is 24.2. The minimum atomic E-state index is -0.843. The van der Waals surface area contributed by atoms with E-state index < -0.39 is 11.5 Å². The summed E-state index contributed by atoms with van der Waals surface area (Å²) in [5, 5.41) is 9.90. The molecule has 0 saturated carbocycles. The smallest absolute Gasteiger partial charge is 0.305 e. The molecule has 0 bridgehead atoms. The monoisotopic (exact) mass is 497 g/mol. The predicted molar refractivity (Wildman–Crippen MR) is 140 cm³/mol. The molecular weight excluding hydrogens is 466 g/mol. The molecule has 0 aliphatic rings. The van der Waals surface area contributed by atoms with Crippen LogP contribution < -0.4 is 10.5 Å². The molecule has 3 rings (SSSR count). The molecule has 0 aliphatic heterocycles. The van der Waals surface area contributed by atoms with Gasteiger partial charge >= 0.3 is 5.97 Å². The van der Waals surface area contributed by atoms with Crippen molar-refractivity contribution in [2.45, 2.75) is 67.4 Å². The van der Waals surface area contributed by atoms with Crippen LogP contribution in [0.4, 0.5) is 0 Å². The van der Waals surface area contributed by atoms with E-state index in [1.54, 1.807) is 11.8 Å². The number of aliphatic carboxylic acids is 1. The lowest BCUT2D eigenvalue weighted by Crippen LogP contribution is -2.41. The van der Waals surface area contributed by atoms with Gasteiger partial charge in [-0.25, -0.2) is 0 Å². The lowest BCUT2D eigenvalue weighted by Gasteiger charge is -2.27. The molecule has 0 fully saturated rings. The number of rotatable bonds is 13. The van der Waals surface area contributed by atoms with Crippen molar-refractivity contribution in [1.82, 2.24) is 0 Å². The van der Waals surface area contributed by atoms with Crippen molar-refractivity contribution < 1.29 is 14.6 Å². The van der Waals surface area contributed by atoms with Gasteiger partial charge in [-0.3, -0.25) is 4.79 Å². The van der Waals surface area contributed by atoms with Crippen LogP contribution in [0.15, 0.2) is 82.6 Å². The molecule has 0 aromatic heterocycles. The summed E-state index contributed by atoms with van der Waals surface area (Å²) in [5.74, 6) is -0.0137. The van der Waals surface area contributed by atoms with Gasteiger partial charge in [0.2, 0.25) is 0 Å². The quantitative estimate of drug-likeness (QED) is 0.258. The van der Waals surface area contributed by atoms with Gasteiger partial charge in [-0.1, -0.05) is 79.2 Å². The van der Waals surface area contributed by atoms with Gasteiger partial charge in [-0.2, -0.15) is 0 Å². The highest BCUT2D eigenvalue weighted by Crippen LogP contribution is 2.33. The van der Waals surface area contributed by atoms with Crippen LogP contribution in [-0.4, -0.2) is 16.6 Å². The molecule has 6 heteroatoms. The lowest BCUT2D eigenvalue weighted by molar-refractivity contribution is -0.138. The molecule has 3 aromatic carbocycles. The first-order valence-corrected chi connectivity index (χ1v) is 12.8. The predicted octanol–water partition coefficient (Wildman–Crippen LogP) is 7.37. The number of hydrogen-bond acceptors (Lipinski definition) is 4. The highest BCUT2D eigenvalue weighted by Gasteiger charge is 2.26. The number of carboxylic acids is 1. The van der Waals surface area contributed by atoms with Gasteiger partial charge in [0.1, 0.15) is 12.4 Å². The van der Waals surface area contributed by atoms with Crippen LogP contribution in [0.3, 0.4) is 0 Å². The zero-order valence-electron chi connectivity index (χ0n) is 19.5. The molecule has 1 atom stereocenters. The summed E-state index contributed by atoms with van der Waals surface area (Å²) in [4.78, 5) is 13.3. The van der Waals surface area contributed by atoms with E-state index in [0.29, 0.717) is 19.4 Å². The van der Waals surface area contributed by atoms with Crippen LogP contribution in [0, 0.1) is 0 Å². The molecule has 0 amide bonds. The van der Waals surface area contributed by atoms with Gasteiger partial charge < -0.3 is 15.6 Å². The molecular formula is C28H32ClNO3S. The Morgan fingerprint density at radius 3 is 2.50 bits per heavy atom. The lowest BCUT2D eigenvalue weighted by atomic mass is 9.85. The number of nitrogens with two attached hydrogens (primary N) is 1. The maximum atomic E-state index is 11.2. The van der Waals surface area contributed by atoms with Crippen molar-refractivity contribution in [3.63, 3.8) is 0 Å². The standard InChI is InChI=1S/C28H32ClNO3S/c1-2-15-28(30,19-27(31)32)16-7-10-22-13-14-25(18-26(22)29)34-24-12-6-11-23(17-24)33-20-21-8-4-3-5-9-21/h3-6,8-9,11-14,17-18H,2,7,10,15-16,19-20,30H2,1H3,(H,31,32). The maximum Gasteiger partial charge on any atom is 0.305 e. The summed E-state index contributed by atoms with van der Waals surface area (Å²) in [7, 11) is 0. The summed E-state index contributed by atoms with van der Waals surface area (Å²) in [5.41, 5.74) is 7.89. The van der Waals surface area contributed by atoms with Crippen LogP contribution in [0.25, 0.3) is 0 Å². The Labute approximate surface area is 211 Å². The zero-order chi connectivity index (χ0) is 24.4. The average Bonchev–Trinajstić information content (AvgIpc) is 2.80. The third-order valence-corrected chi connectivity index (χ3v) is 7.02. The molecule has 3 N–H and O–H groups in total. The Bertz CT molecular complexity index is 1080. The van der Waals surface area contributed by atoms with Crippen molar-refractivity contribution in [3.8, 4) is 5.75 Å². The topological polar surface area (TPSA) is 72.5 Å². The summed E-state index contributed by atoms with van der Waals surface area (Å²) in [6.07, 6.45) is 3.81. The van der Waals surface area contributed by atoms with Crippen LogP contribution in [0.5, 0.6) is 5.75 Å². The number of ether oxygens (including phenoxy) is 1. The van der Waals surface area contributed by atoms with Crippen molar-refractivity contribution in [3.05, 3.63) is 88.9 Å². The largest absolute Gasteiger partial charge is 0.489 e. The summed E-state index contributed by atoms with van der Waals surface area (Å²) >= 11 is 8.21. The van der Waals surface area contributed by atoms with Crippen LogP contribution in [-0.2, 0) is 17.8 Å². The van der Waals surface area contributed by atoms with Crippen molar-refractivity contribution in [2.75, 3.05) is 0 Å². The minimum absolute atomic E-state index is 0.00171. The first-order valence-electron chi connectivity index (χ1n) is 11.6. The Morgan fingerprint density at radius 2 is 1.79 bits per heavy atom. The van der Waals surface area contributed by atoms with Crippen molar-refractivity contribution in [2.24, 2.45) is 5.73 Å². The average molecular weight is 498 g/mol. The Hall–Kier alpha value is -2.47. The van der Waals surface area contributed by atoms with Crippen LogP contribution in [0.2, 0.25) is 5.02 Å². The number of halogens is 1. The van der Waals surface area contributed by atoms with E-state index in [4.69, 9.17) is 22.1 Å². The molecule has 180 valence electrons. The van der Waals surface area contributed by atoms with Crippen molar-refractivity contribution in [1.29, 1.82) is 0 Å². The number of carbonyl (C=O) groups is 1. The Balaban J connectivity index is 1.56. The maximum absolute atomic E-state index is 11.2. The van der Waals surface area contributed by atoms with Gasteiger partial charge in [-0.15, -0.1) is 0 Å².